The molecule has 0 aliphatic heterocycles. The van der Waals surface area contributed by atoms with E-state index in [-0.39, 0.29) is 16.9 Å². The summed E-state index contributed by atoms with van der Waals surface area (Å²) in [5, 5.41) is 5.20. The molecule has 0 bridgehead atoms. The number of hydrogen-bond donors (Lipinski definition) is 0. The average Bonchev–Trinajstić information content (AvgIpc) is 2.83. The molecule has 1 fully saturated rings. The summed E-state index contributed by atoms with van der Waals surface area (Å²) in [5.74, 6) is 2.35. The van der Waals surface area contributed by atoms with Gasteiger partial charge in [-0.3, -0.25) is 4.79 Å². The molecule has 1 aliphatic rings. The Kier molecular flexibility index (Phi) is 7.95. The van der Waals surface area contributed by atoms with Gasteiger partial charge in [-0.15, -0.1) is 0 Å². The fraction of sp³-hybridized carbons (Fsp3) is 0.464. The van der Waals surface area contributed by atoms with Gasteiger partial charge in [0.05, 0.1) is 30.3 Å². The standard InChI is InChI=1S/C28H34BrN3O3/c1-5-34-25-15-19(11-14-24(25)35-18-28(2,3)4)17-30-32-26(20-9-7-6-8-10-20)31-23-13-12-21(29)16-22(23)27(32)33/h11-17,20H,5-10,18H2,1-4H3. The lowest BCUT2D eigenvalue weighted by atomic mass is 9.88. The summed E-state index contributed by atoms with van der Waals surface area (Å²) >= 11 is 3.48. The van der Waals surface area contributed by atoms with Gasteiger partial charge in [0.15, 0.2) is 11.5 Å². The fourth-order valence-corrected chi connectivity index (χ4v) is 4.67. The minimum atomic E-state index is -0.150. The molecule has 0 amide bonds. The quantitative estimate of drug-likeness (QED) is 0.306. The van der Waals surface area contributed by atoms with Gasteiger partial charge in [-0.1, -0.05) is 56.0 Å². The van der Waals surface area contributed by atoms with E-state index in [0.29, 0.717) is 35.6 Å². The number of aromatic nitrogens is 2. The van der Waals surface area contributed by atoms with Crippen LogP contribution in [0.4, 0.5) is 0 Å². The molecule has 6 nitrogen and oxygen atoms in total. The highest BCUT2D eigenvalue weighted by Gasteiger charge is 2.22. The van der Waals surface area contributed by atoms with Gasteiger partial charge in [0.2, 0.25) is 0 Å². The van der Waals surface area contributed by atoms with Gasteiger partial charge in [-0.05, 0) is 67.1 Å². The van der Waals surface area contributed by atoms with Crippen molar-refractivity contribution in [3.8, 4) is 11.5 Å². The molecule has 1 heterocycles. The number of rotatable bonds is 7. The van der Waals surface area contributed by atoms with E-state index in [9.17, 15) is 4.79 Å². The molecule has 1 saturated carbocycles. The van der Waals surface area contributed by atoms with Gasteiger partial charge >= 0.3 is 0 Å². The lowest BCUT2D eigenvalue weighted by molar-refractivity contribution is 0.188. The molecule has 35 heavy (non-hydrogen) atoms. The molecule has 0 N–H and O–H groups in total. The second-order valence-corrected chi connectivity index (χ2v) is 11.2. The summed E-state index contributed by atoms with van der Waals surface area (Å²) in [6.45, 7) is 9.45. The van der Waals surface area contributed by atoms with Gasteiger partial charge in [-0.25, -0.2) is 4.98 Å². The number of ether oxygens (including phenoxy) is 2. The van der Waals surface area contributed by atoms with E-state index < -0.39 is 0 Å². The number of benzene rings is 2. The van der Waals surface area contributed by atoms with E-state index in [2.05, 4.69) is 41.8 Å². The van der Waals surface area contributed by atoms with E-state index in [1.54, 1.807) is 6.21 Å². The molecule has 7 heteroatoms. The lowest BCUT2D eigenvalue weighted by Crippen LogP contribution is -2.25. The van der Waals surface area contributed by atoms with Crippen molar-refractivity contribution in [3.63, 3.8) is 0 Å². The maximum absolute atomic E-state index is 13.5. The molecular formula is C28H34BrN3O3. The Hall–Kier alpha value is -2.67. The summed E-state index contributed by atoms with van der Waals surface area (Å²) in [5.41, 5.74) is 1.43. The van der Waals surface area contributed by atoms with Crippen molar-refractivity contribution in [2.24, 2.45) is 10.5 Å². The summed E-state index contributed by atoms with van der Waals surface area (Å²) in [7, 11) is 0. The van der Waals surface area contributed by atoms with Crippen molar-refractivity contribution in [2.45, 2.75) is 65.7 Å². The highest BCUT2D eigenvalue weighted by atomic mass is 79.9. The summed E-state index contributed by atoms with van der Waals surface area (Å²) in [4.78, 5) is 18.4. The number of nitrogens with zero attached hydrogens (tertiary/aromatic N) is 3. The van der Waals surface area contributed by atoms with Crippen molar-refractivity contribution >= 4 is 33.0 Å². The fourth-order valence-electron chi connectivity index (χ4n) is 4.31. The lowest BCUT2D eigenvalue weighted by Gasteiger charge is -2.22. The molecular weight excluding hydrogens is 506 g/mol. The highest BCUT2D eigenvalue weighted by molar-refractivity contribution is 9.10. The zero-order chi connectivity index (χ0) is 25.0. The van der Waals surface area contributed by atoms with Crippen LogP contribution in [0.25, 0.3) is 10.9 Å². The largest absolute Gasteiger partial charge is 0.490 e. The smallest absolute Gasteiger partial charge is 0.282 e. The van der Waals surface area contributed by atoms with Gasteiger partial charge < -0.3 is 9.47 Å². The van der Waals surface area contributed by atoms with Crippen LogP contribution in [0.15, 0.2) is 50.8 Å². The van der Waals surface area contributed by atoms with E-state index in [1.165, 1.54) is 11.1 Å². The molecule has 186 valence electrons. The predicted octanol–water partition coefficient (Wildman–Crippen LogP) is 6.91. The van der Waals surface area contributed by atoms with Gasteiger partial charge in [0.25, 0.3) is 5.56 Å². The van der Waals surface area contributed by atoms with Crippen LogP contribution in [-0.2, 0) is 0 Å². The van der Waals surface area contributed by atoms with Crippen molar-refractivity contribution in [3.05, 3.63) is 62.6 Å². The minimum absolute atomic E-state index is 0.0401. The molecule has 0 unspecified atom stereocenters. The second kappa shape index (κ2) is 10.9. The van der Waals surface area contributed by atoms with E-state index in [1.807, 2.05) is 43.3 Å². The molecule has 1 aromatic heterocycles. The van der Waals surface area contributed by atoms with Crippen LogP contribution in [0.5, 0.6) is 11.5 Å². The Labute approximate surface area is 215 Å². The second-order valence-electron chi connectivity index (χ2n) is 10.3. The minimum Gasteiger partial charge on any atom is -0.490 e. The van der Waals surface area contributed by atoms with Crippen molar-refractivity contribution < 1.29 is 9.47 Å². The van der Waals surface area contributed by atoms with Gasteiger partial charge in [0.1, 0.15) is 5.82 Å². The van der Waals surface area contributed by atoms with Crippen LogP contribution < -0.4 is 15.0 Å². The molecule has 0 saturated heterocycles. The van der Waals surface area contributed by atoms with E-state index in [4.69, 9.17) is 14.5 Å². The molecule has 4 rings (SSSR count). The Balaban J connectivity index is 1.73. The predicted molar refractivity (Wildman–Crippen MR) is 145 cm³/mol. The molecule has 2 aromatic carbocycles. The molecule has 3 aromatic rings. The number of fused-ring (bicyclic) bond motifs is 1. The molecule has 0 spiro atoms. The van der Waals surface area contributed by atoms with E-state index in [0.717, 1.165) is 41.5 Å². The Morgan fingerprint density at radius 1 is 1.09 bits per heavy atom. The zero-order valence-electron chi connectivity index (χ0n) is 21.0. The Morgan fingerprint density at radius 3 is 2.57 bits per heavy atom. The summed E-state index contributed by atoms with van der Waals surface area (Å²) in [6.07, 6.45) is 7.28. The summed E-state index contributed by atoms with van der Waals surface area (Å²) in [6, 6.07) is 11.4. The third-order valence-electron chi connectivity index (χ3n) is 6.05. The Bertz CT molecular complexity index is 1270. The monoisotopic (exact) mass is 539 g/mol. The molecule has 1 aliphatic carbocycles. The van der Waals surface area contributed by atoms with Crippen LogP contribution in [-0.4, -0.2) is 29.1 Å². The van der Waals surface area contributed by atoms with Crippen molar-refractivity contribution in [1.82, 2.24) is 9.66 Å². The van der Waals surface area contributed by atoms with Crippen LogP contribution >= 0.6 is 15.9 Å². The molecule has 0 atom stereocenters. The maximum Gasteiger partial charge on any atom is 0.282 e. The topological polar surface area (TPSA) is 65.7 Å². The third kappa shape index (κ3) is 6.31. The Morgan fingerprint density at radius 2 is 1.86 bits per heavy atom. The SMILES string of the molecule is CCOc1cc(C=Nn2c(C3CCCCC3)nc3ccc(Br)cc3c2=O)ccc1OCC(C)(C)C. The van der Waals surface area contributed by atoms with Crippen LogP contribution in [0, 0.1) is 5.41 Å². The summed E-state index contributed by atoms with van der Waals surface area (Å²) < 4.78 is 14.2. The van der Waals surface area contributed by atoms with Crippen LogP contribution in [0.1, 0.15) is 77.1 Å². The normalized spacial score (nSPS) is 15.1. The first-order valence-electron chi connectivity index (χ1n) is 12.4. The zero-order valence-corrected chi connectivity index (χ0v) is 22.6. The average molecular weight is 541 g/mol. The van der Waals surface area contributed by atoms with Crippen LogP contribution in [0.2, 0.25) is 0 Å². The van der Waals surface area contributed by atoms with Crippen molar-refractivity contribution in [1.29, 1.82) is 0 Å². The molecule has 0 radical (unpaired) electrons. The first-order valence-corrected chi connectivity index (χ1v) is 13.2. The van der Waals surface area contributed by atoms with Crippen LogP contribution in [0.3, 0.4) is 0 Å². The van der Waals surface area contributed by atoms with Gasteiger partial charge in [0, 0.05) is 10.4 Å². The number of halogens is 1. The highest BCUT2D eigenvalue weighted by Crippen LogP contribution is 2.32. The maximum atomic E-state index is 13.5. The first-order chi connectivity index (χ1) is 16.7. The van der Waals surface area contributed by atoms with Crippen molar-refractivity contribution in [2.75, 3.05) is 13.2 Å². The van der Waals surface area contributed by atoms with Gasteiger partial charge in [-0.2, -0.15) is 9.78 Å². The third-order valence-corrected chi connectivity index (χ3v) is 6.55. The number of hydrogen-bond acceptors (Lipinski definition) is 5. The van der Waals surface area contributed by atoms with E-state index >= 15 is 0 Å². The first kappa shape index (κ1) is 25.4.